The molecule has 332 valence electrons. The minimum Gasteiger partial charge on any atom is -0.497 e. The Bertz CT molecular complexity index is 2330. The first kappa shape index (κ1) is 45.8. The molecule has 0 unspecified atom stereocenters. The van der Waals surface area contributed by atoms with Crippen LogP contribution in [0.1, 0.15) is 80.7 Å². The summed E-state index contributed by atoms with van der Waals surface area (Å²) in [6.07, 6.45) is -1.92. The van der Waals surface area contributed by atoms with Gasteiger partial charge in [0.2, 0.25) is 15.8 Å². The number of alkyl carbamates (subject to hydrolysis) is 1. The number of carbonyl (C=O) groups excluding carboxylic acids is 1. The van der Waals surface area contributed by atoms with Crippen molar-refractivity contribution < 1.29 is 45.3 Å². The van der Waals surface area contributed by atoms with Gasteiger partial charge in [0, 0.05) is 24.7 Å². The average molecular weight is 879 g/mol. The normalized spacial score (nSPS) is 15.9. The molecule has 1 heterocycles. The molecule has 1 fully saturated rings. The minimum atomic E-state index is -5.08. The Labute approximate surface area is 360 Å². The molecule has 0 bridgehead atoms. The number of hydrogen-bond acceptors (Lipinski definition) is 10. The average Bonchev–Trinajstić information content (AvgIpc) is 3.70. The molecule has 5 aromatic rings. The molecular formula is C45H53F3N6O7S. The third-order valence-electron chi connectivity index (χ3n) is 10.7. The lowest BCUT2D eigenvalue weighted by molar-refractivity contribution is -0.139. The number of rotatable bonds is 16. The van der Waals surface area contributed by atoms with Crippen molar-refractivity contribution in [1.29, 1.82) is 0 Å². The lowest BCUT2D eigenvalue weighted by Gasteiger charge is -2.30. The van der Waals surface area contributed by atoms with Gasteiger partial charge in [-0.05, 0) is 135 Å². The van der Waals surface area contributed by atoms with Crippen molar-refractivity contribution in [2.75, 3.05) is 21.3 Å². The van der Waals surface area contributed by atoms with E-state index >= 15 is 21.6 Å². The third kappa shape index (κ3) is 11.8. The van der Waals surface area contributed by atoms with Crippen LogP contribution in [0.5, 0.6) is 17.2 Å². The summed E-state index contributed by atoms with van der Waals surface area (Å²) in [7, 11) is -0.467. The number of aromatic nitrogens is 4. The van der Waals surface area contributed by atoms with Crippen molar-refractivity contribution in [2.24, 2.45) is 5.92 Å². The number of benzene rings is 4. The van der Waals surface area contributed by atoms with Crippen molar-refractivity contribution in [3.63, 3.8) is 0 Å². The number of carbonyl (C=O) groups is 1. The lowest BCUT2D eigenvalue weighted by atomic mass is 9.82. The molecule has 1 aromatic heterocycles. The predicted molar refractivity (Wildman–Crippen MR) is 226 cm³/mol. The first-order valence-electron chi connectivity index (χ1n) is 20.4. The largest absolute Gasteiger partial charge is 0.497 e. The second-order valence-corrected chi connectivity index (χ2v) is 18.2. The molecule has 0 spiro atoms. The molecule has 17 heteroatoms. The Hall–Kier alpha value is -5.68. The Kier molecular flexibility index (Phi) is 14.5. The molecule has 6 rings (SSSR count). The van der Waals surface area contributed by atoms with E-state index in [1.54, 1.807) is 101 Å². The maximum atomic E-state index is 15.3. The molecule has 1 N–H and O–H groups in total. The number of halogens is 3. The fourth-order valence-corrected chi connectivity index (χ4v) is 9.36. The topological polar surface area (TPSA) is 147 Å². The summed E-state index contributed by atoms with van der Waals surface area (Å²) < 4.78 is 98.9. The van der Waals surface area contributed by atoms with Crippen LogP contribution in [0.3, 0.4) is 0 Å². The van der Waals surface area contributed by atoms with Crippen LogP contribution in [0.25, 0.3) is 11.4 Å². The number of hydrogen-bond donors (Lipinski definition) is 1. The van der Waals surface area contributed by atoms with Crippen LogP contribution < -0.4 is 19.5 Å². The van der Waals surface area contributed by atoms with E-state index in [2.05, 4.69) is 20.7 Å². The van der Waals surface area contributed by atoms with Gasteiger partial charge in [0.05, 0.1) is 33.4 Å². The SMILES string of the molecule is COc1ccc(CN(Cc2ccc(OC)cc2)S(=O)(=O)c2c(C(F)(F)F)ccc(CCC3CCC(NC(=O)OC(C)(C)C)CC3)c2-c2nnn(Cc3ccc(OC)cc3)n2)cc1. The number of amides is 1. The number of tetrazole rings is 1. The molecular weight excluding hydrogens is 826 g/mol. The van der Waals surface area contributed by atoms with Gasteiger partial charge in [0.1, 0.15) is 27.7 Å². The van der Waals surface area contributed by atoms with Gasteiger partial charge in [-0.3, -0.25) is 0 Å². The number of ether oxygens (including phenoxy) is 4. The van der Waals surface area contributed by atoms with Gasteiger partial charge in [-0.25, -0.2) is 13.2 Å². The van der Waals surface area contributed by atoms with E-state index in [0.717, 1.165) is 28.8 Å². The summed E-state index contributed by atoms with van der Waals surface area (Å²) in [6, 6.07) is 22.5. The summed E-state index contributed by atoms with van der Waals surface area (Å²) in [5.41, 5.74) is -0.0895. The third-order valence-corrected chi connectivity index (χ3v) is 12.6. The molecule has 0 saturated heterocycles. The quantitative estimate of drug-likeness (QED) is 0.102. The van der Waals surface area contributed by atoms with Crippen LogP contribution >= 0.6 is 0 Å². The Morgan fingerprint density at radius 3 is 1.77 bits per heavy atom. The molecule has 0 radical (unpaired) electrons. The van der Waals surface area contributed by atoms with Crippen LogP contribution in [0, 0.1) is 5.92 Å². The number of nitrogens with one attached hydrogen (secondary N) is 1. The van der Waals surface area contributed by atoms with Gasteiger partial charge in [-0.15, -0.1) is 10.2 Å². The van der Waals surface area contributed by atoms with E-state index < -0.39 is 38.4 Å². The minimum absolute atomic E-state index is 0.0770. The van der Waals surface area contributed by atoms with Crippen molar-refractivity contribution >= 4 is 16.1 Å². The van der Waals surface area contributed by atoms with Crippen molar-refractivity contribution in [2.45, 2.75) is 102 Å². The first-order chi connectivity index (χ1) is 29.4. The standard InChI is InChI=1S/C45H53F3N6O7S/c1-44(2,3)61-43(55)49-35-18-8-30(9-19-35)7-16-34-17-26-39(45(46,47)48)41(40(34)42-50-52-54(51-42)29-33-14-24-38(60-6)25-15-33)62(56,57)53(27-31-10-20-36(58-4)21-11-31)28-32-12-22-37(59-5)23-13-32/h10-15,17,20-26,30,35H,7-9,16,18-19,27-29H2,1-6H3,(H,49,55). The molecule has 4 aromatic carbocycles. The van der Waals surface area contributed by atoms with E-state index in [9.17, 15) is 4.79 Å². The molecule has 1 aliphatic rings. The van der Waals surface area contributed by atoms with Crippen molar-refractivity contribution in [3.05, 3.63) is 113 Å². The predicted octanol–water partition coefficient (Wildman–Crippen LogP) is 8.84. The monoisotopic (exact) mass is 878 g/mol. The molecule has 1 saturated carbocycles. The number of sulfonamides is 1. The van der Waals surface area contributed by atoms with Crippen LogP contribution in [-0.4, -0.2) is 72.0 Å². The van der Waals surface area contributed by atoms with Crippen molar-refractivity contribution in [1.82, 2.24) is 29.8 Å². The lowest BCUT2D eigenvalue weighted by Crippen LogP contribution is -2.40. The van der Waals surface area contributed by atoms with Gasteiger partial charge in [-0.1, -0.05) is 42.5 Å². The molecule has 13 nitrogen and oxygen atoms in total. The van der Waals surface area contributed by atoms with E-state index in [1.165, 1.54) is 25.1 Å². The molecule has 0 atom stereocenters. The fraction of sp³-hybridized carbons (Fsp3) is 0.422. The number of nitrogens with zero attached hydrogens (tertiary/aromatic N) is 5. The van der Waals surface area contributed by atoms with Gasteiger partial charge in [-0.2, -0.15) is 22.3 Å². The van der Waals surface area contributed by atoms with E-state index in [0.29, 0.717) is 53.2 Å². The summed E-state index contributed by atoms with van der Waals surface area (Å²) in [5.74, 6) is 1.60. The highest BCUT2D eigenvalue weighted by atomic mass is 32.2. The summed E-state index contributed by atoms with van der Waals surface area (Å²) in [6.45, 7) is 4.97. The first-order valence-corrected chi connectivity index (χ1v) is 21.8. The second-order valence-electron chi connectivity index (χ2n) is 16.3. The summed E-state index contributed by atoms with van der Waals surface area (Å²) >= 11 is 0. The fourth-order valence-electron chi connectivity index (χ4n) is 7.53. The number of alkyl halides is 3. The van der Waals surface area contributed by atoms with Crippen molar-refractivity contribution in [3.8, 4) is 28.6 Å². The van der Waals surface area contributed by atoms with E-state index in [-0.39, 0.29) is 49.4 Å². The maximum Gasteiger partial charge on any atom is 0.417 e. The van der Waals surface area contributed by atoms with Gasteiger partial charge in [0.15, 0.2) is 0 Å². The van der Waals surface area contributed by atoms with Gasteiger partial charge >= 0.3 is 12.3 Å². The highest BCUT2D eigenvalue weighted by molar-refractivity contribution is 7.89. The zero-order valence-corrected chi connectivity index (χ0v) is 36.6. The smallest absolute Gasteiger partial charge is 0.417 e. The van der Waals surface area contributed by atoms with Crippen LogP contribution in [-0.2, 0) is 47.0 Å². The second kappa shape index (κ2) is 19.6. The molecule has 62 heavy (non-hydrogen) atoms. The molecule has 1 amide bonds. The van der Waals surface area contributed by atoms with Gasteiger partial charge in [0.25, 0.3) is 0 Å². The highest BCUT2D eigenvalue weighted by Gasteiger charge is 2.43. The zero-order valence-electron chi connectivity index (χ0n) is 35.7. The molecule has 1 aliphatic carbocycles. The zero-order chi connectivity index (χ0) is 44.7. The van der Waals surface area contributed by atoms with E-state index in [1.807, 2.05) is 0 Å². The van der Waals surface area contributed by atoms with Crippen LogP contribution in [0.4, 0.5) is 18.0 Å². The van der Waals surface area contributed by atoms with Crippen LogP contribution in [0.15, 0.2) is 89.8 Å². The van der Waals surface area contributed by atoms with Gasteiger partial charge < -0.3 is 24.3 Å². The van der Waals surface area contributed by atoms with E-state index in [4.69, 9.17) is 18.9 Å². The number of aryl methyl sites for hydroxylation is 1. The molecule has 0 aliphatic heterocycles. The number of methoxy groups -OCH3 is 3. The Morgan fingerprint density at radius 1 is 0.774 bits per heavy atom. The highest BCUT2D eigenvalue weighted by Crippen LogP contribution is 2.43. The Balaban J connectivity index is 1.41. The summed E-state index contributed by atoms with van der Waals surface area (Å²) in [4.78, 5) is 12.7. The summed E-state index contributed by atoms with van der Waals surface area (Å²) in [5, 5.41) is 15.9. The van der Waals surface area contributed by atoms with Crippen LogP contribution in [0.2, 0.25) is 0 Å². The Morgan fingerprint density at radius 2 is 1.29 bits per heavy atom. The maximum absolute atomic E-state index is 15.3.